The molecule has 174 valence electrons. The molecule has 2 aromatic rings. The lowest BCUT2D eigenvalue weighted by molar-refractivity contribution is -0.145. The highest BCUT2D eigenvalue weighted by Crippen LogP contribution is 2.26. The molecule has 0 bridgehead atoms. The molecule has 1 fully saturated rings. The summed E-state index contributed by atoms with van der Waals surface area (Å²) in [5.74, 6) is -1.25. The number of benzene rings is 1. The molecule has 0 radical (unpaired) electrons. The summed E-state index contributed by atoms with van der Waals surface area (Å²) in [5.41, 5.74) is 2.67. The highest BCUT2D eigenvalue weighted by molar-refractivity contribution is 6.07. The molecule has 0 aliphatic carbocycles. The summed E-state index contributed by atoms with van der Waals surface area (Å²) in [5, 5.41) is 8.34. The summed E-state index contributed by atoms with van der Waals surface area (Å²) < 4.78 is 43.1. The molecule has 9 nitrogen and oxygen atoms in total. The van der Waals surface area contributed by atoms with Gasteiger partial charge in [-0.3, -0.25) is 4.90 Å². The number of hydrazone groups is 1. The lowest BCUT2D eigenvalue weighted by atomic mass is 10.0. The van der Waals surface area contributed by atoms with E-state index >= 15 is 0 Å². The van der Waals surface area contributed by atoms with Gasteiger partial charge in [0.1, 0.15) is 6.61 Å². The van der Waals surface area contributed by atoms with Crippen LogP contribution in [0, 0.1) is 6.92 Å². The van der Waals surface area contributed by atoms with Crippen LogP contribution in [-0.4, -0.2) is 63.5 Å². The van der Waals surface area contributed by atoms with E-state index in [4.69, 9.17) is 4.74 Å². The maximum absolute atomic E-state index is 12.9. The fourth-order valence-electron chi connectivity index (χ4n) is 3.58. The Balaban J connectivity index is 1.52. The number of nitrogens with one attached hydrogen (secondary N) is 1. The minimum Gasteiger partial charge on any atom is -0.448 e. The average Bonchev–Trinajstić information content (AvgIpc) is 3.40. The van der Waals surface area contributed by atoms with Gasteiger partial charge in [-0.15, -0.1) is 0 Å². The Bertz CT molecular complexity index is 1070. The SMILES string of the molecule is Cc1ccc(C2=NN(C(=O)N[C@H](C)c3cnc(C(F)(F)F)nc3)CC2N2CCOC2=O)cc1. The van der Waals surface area contributed by atoms with Crippen molar-refractivity contribution < 1.29 is 27.5 Å². The van der Waals surface area contributed by atoms with E-state index in [1.54, 1.807) is 6.92 Å². The van der Waals surface area contributed by atoms with Crippen LogP contribution in [0.25, 0.3) is 0 Å². The first-order valence-electron chi connectivity index (χ1n) is 10.2. The number of aryl methyl sites for hydroxylation is 1. The van der Waals surface area contributed by atoms with E-state index < -0.39 is 36.2 Å². The summed E-state index contributed by atoms with van der Waals surface area (Å²) in [6.45, 7) is 4.29. The minimum atomic E-state index is -4.65. The van der Waals surface area contributed by atoms with E-state index in [1.807, 2.05) is 31.2 Å². The molecule has 12 heteroatoms. The second-order valence-electron chi connectivity index (χ2n) is 7.77. The van der Waals surface area contributed by atoms with Crippen molar-refractivity contribution in [2.75, 3.05) is 19.7 Å². The molecule has 1 N–H and O–H groups in total. The molecule has 3 amide bonds. The Hall–Kier alpha value is -3.70. The molecule has 1 aromatic carbocycles. The molecule has 33 heavy (non-hydrogen) atoms. The van der Waals surface area contributed by atoms with E-state index in [0.717, 1.165) is 23.5 Å². The Morgan fingerprint density at radius 1 is 1.21 bits per heavy atom. The third-order valence-corrected chi connectivity index (χ3v) is 5.41. The van der Waals surface area contributed by atoms with Gasteiger partial charge < -0.3 is 10.1 Å². The number of carbonyl (C=O) groups is 2. The lowest BCUT2D eigenvalue weighted by Crippen LogP contribution is -2.46. The zero-order chi connectivity index (χ0) is 23.8. The van der Waals surface area contributed by atoms with Gasteiger partial charge in [0.2, 0.25) is 5.82 Å². The number of carbonyl (C=O) groups excluding carboxylic acids is 2. The van der Waals surface area contributed by atoms with Gasteiger partial charge in [0.15, 0.2) is 0 Å². The highest BCUT2D eigenvalue weighted by atomic mass is 19.4. The first kappa shape index (κ1) is 22.5. The van der Waals surface area contributed by atoms with E-state index in [9.17, 15) is 22.8 Å². The van der Waals surface area contributed by atoms with E-state index in [2.05, 4.69) is 20.4 Å². The smallest absolute Gasteiger partial charge is 0.448 e. The monoisotopic (exact) mass is 462 g/mol. The summed E-state index contributed by atoms with van der Waals surface area (Å²) in [6, 6.07) is 5.83. The highest BCUT2D eigenvalue weighted by Gasteiger charge is 2.40. The molecule has 0 saturated carbocycles. The van der Waals surface area contributed by atoms with E-state index in [0.29, 0.717) is 17.8 Å². The van der Waals surface area contributed by atoms with Crippen molar-refractivity contribution in [1.29, 1.82) is 0 Å². The minimum absolute atomic E-state index is 0.111. The fraction of sp³-hybridized carbons (Fsp3) is 0.381. The fourth-order valence-corrected chi connectivity index (χ4v) is 3.58. The van der Waals surface area contributed by atoms with E-state index in [-0.39, 0.29) is 13.2 Å². The van der Waals surface area contributed by atoms with Gasteiger partial charge >= 0.3 is 18.3 Å². The predicted octanol–water partition coefficient (Wildman–Crippen LogP) is 3.12. The van der Waals surface area contributed by atoms with Crippen LogP contribution in [-0.2, 0) is 10.9 Å². The largest absolute Gasteiger partial charge is 0.451 e. The maximum Gasteiger partial charge on any atom is 0.451 e. The van der Waals surface area contributed by atoms with Crippen LogP contribution in [0.1, 0.15) is 35.5 Å². The number of cyclic esters (lactones) is 1. The Morgan fingerprint density at radius 2 is 1.88 bits per heavy atom. The van der Waals surface area contributed by atoms with Crippen molar-refractivity contribution in [3.05, 3.63) is 59.2 Å². The number of amides is 3. The second-order valence-corrected chi connectivity index (χ2v) is 7.77. The number of hydrogen-bond acceptors (Lipinski definition) is 6. The number of aromatic nitrogens is 2. The Kier molecular flexibility index (Phi) is 5.91. The van der Waals surface area contributed by atoms with Crippen LogP contribution in [0.5, 0.6) is 0 Å². The topological polar surface area (TPSA) is 100 Å². The van der Waals surface area contributed by atoms with E-state index in [1.165, 1.54) is 9.91 Å². The van der Waals surface area contributed by atoms with Crippen molar-refractivity contribution in [2.45, 2.75) is 32.1 Å². The molecule has 3 heterocycles. The van der Waals surface area contributed by atoms with Gasteiger partial charge in [0, 0.05) is 18.0 Å². The first-order valence-corrected chi connectivity index (χ1v) is 10.2. The molecule has 1 aromatic heterocycles. The maximum atomic E-state index is 12.9. The molecule has 4 rings (SSSR count). The standard InChI is InChI=1S/C21H21F3N6O3/c1-12-3-5-14(6-4-12)17-16(29-7-8-33-20(29)32)11-30(28-17)19(31)27-13(2)15-9-25-18(26-10-15)21(22,23)24/h3-6,9-10,13,16H,7-8,11H2,1-2H3,(H,27,31)/t13-,16?/m1/s1. The molecule has 2 aliphatic rings. The summed E-state index contributed by atoms with van der Waals surface area (Å²) >= 11 is 0. The Morgan fingerprint density at radius 3 is 2.45 bits per heavy atom. The van der Waals surface area contributed by atoms with Gasteiger partial charge in [-0.1, -0.05) is 29.8 Å². The van der Waals surface area contributed by atoms with Crippen LogP contribution in [0.2, 0.25) is 0 Å². The summed E-state index contributed by atoms with van der Waals surface area (Å²) in [6.07, 6.45) is -3.07. The van der Waals surface area contributed by atoms with Crippen molar-refractivity contribution in [1.82, 2.24) is 25.2 Å². The molecule has 0 spiro atoms. The van der Waals surface area contributed by atoms with Crippen LogP contribution >= 0.6 is 0 Å². The predicted molar refractivity (Wildman–Crippen MR) is 110 cm³/mol. The van der Waals surface area contributed by atoms with Gasteiger partial charge in [0.05, 0.1) is 30.9 Å². The van der Waals surface area contributed by atoms with Crippen LogP contribution < -0.4 is 5.32 Å². The summed E-state index contributed by atoms with van der Waals surface area (Å²) in [4.78, 5) is 33.2. The lowest BCUT2D eigenvalue weighted by Gasteiger charge is -2.23. The third-order valence-electron chi connectivity index (χ3n) is 5.41. The number of halogens is 3. The third kappa shape index (κ3) is 4.73. The van der Waals surface area contributed by atoms with Crippen LogP contribution in [0.15, 0.2) is 41.8 Å². The molecule has 2 aliphatic heterocycles. The van der Waals surface area contributed by atoms with Gasteiger partial charge in [0.25, 0.3) is 0 Å². The van der Waals surface area contributed by atoms with Gasteiger partial charge in [-0.05, 0) is 19.4 Å². The summed E-state index contributed by atoms with van der Waals surface area (Å²) in [7, 11) is 0. The molecular weight excluding hydrogens is 441 g/mol. The zero-order valence-electron chi connectivity index (χ0n) is 17.8. The first-order chi connectivity index (χ1) is 15.6. The van der Waals surface area contributed by atoms with Gasteiger partial charge in [-0.2, -0.15) is 18.3 Å². The van der Waals surface area contributed by atoms with Crippen LogP contribution in [0.4, 0.5) is 22.8 Å². The van der Waals surface area contributed by atoms with Crippen LogP contribution in [0.3, 0.4) is 0 Å². The van der Waals surface area contributed by atoms with Gasteiger partial charge in [-0.25, -0.2) is 24.6 Å². The Labute approximate surface area is 187 Å². The number of nitrogens with zero attached hydrogens (tertiary/aromatic N) is 5. The van der Waals surface area contributed by atoms with Crippen molar-refractivity contribution in [3.63, 3.8) is 0 Å². The molecular formula is C21H21F3N6O3. The average molecular weight is 462 g/mol. The number of hydrogen-bond donors (Lipinski definition) is 1. The van der Waals surface area contributed by atoms with Crippen molar-refractivity contribution in [2.24, 2.45) is 5.10 Å². The molecule has 1 saturated heterocycles. The molecule has 2 atom stereocenters. The normalized spacial score (nSPS) is 19.4. The number of urea groups is 1. The number of alkyl halides is 3. The van der Waals surface area contributed by atoms with Crippen molar-refractivity contribution >= 4 is 17.8 Å². The molecule has 1 unspecified atom stereocenters. The second kappa shape index (κ2) is 8.68. The quantitative estimate of drug-likeness (QED) is 0.753. The number of ether oxygens (including phenoxy) is 1. The van der Waals surface area contributed by atoms with Crippen molar-refractivity contribution in [3.8, 4) is 0 Å². The number of rotatable bonds is 4. The zero-order valence-corrected chi connectivity index (χ0v) is 17.8.